The minimum Gasteiger partial charge on any atom is -0.490 e. The van der Waals surface area contributed by atoms with Crippen molar-refractivity contribution in [1.29, 1.82) is 0 Å². The molecule has 0 spiro atoms. The molecule has 0 unspecified atom stereocenters. The second kappa shape index (κ2) is 10.9. The molecular weight excluding hydrogens is 485 g/mol. The monoisotopic (exact) mass is 509 g/mol. The average Bonchev–Trinajstić information content (AvgIpc) is 2.98. The zero-order valence-electron chi connectivity index (χ0n) is 18.4. The standard InChI is InChI=1S/C24H25Cl2NO3S2/c1-5-27-23(28)21(32-24(27)31)12-16-11-17(25)13-19(26)22(16)30-9-8-29-20-10-15(4)6-7-18(20)14(2)3/h6-7,10-14H,5,8-9H2,1-4H3/b21-12-. The first-order valence-corrected chi connectivity index (χ1v) is 12.3. The number of hydrogen-bond acceptors (Lipinski definition) is 5. The number of amides is 1. The van der Waals surface area contributed by atoms with Crippen LogP contribution in [-0.4, -0.2) is 34.9 Å². The first kappa shape index (κ1) is 24.9. The summed E-state index contributed by atoms with van der Waals surface area (Å²) in [6, 6.07) is 9.55. The molecule has 1 aliphatic rings. The Kier molecular flexibility index (Phi) is 8.50. The molecule has 0 N–H and O–H groups in total. The zero-order chi connectivity index (χ0) is 23.4. The molecule has 4 nitrogen and oxygen atoms in total. The fraction of sp³-hybridized carbons (Fsp3) is 0.333. The summed E-state index contributed by atoms with van der Waals surface area (Å²) in [5.41, 5.74) is 2.91. The van der Waals surface area contributed by atoms with Crippen LogP contribution in [0.5, 0.6) is 11.5 Å². The van der Waals surface area contributed by atoms with Gasteiger partial charge in [-0.3, -0.25) is 9.69 Å². The van der Waals surface area contributed by atoms with Gasteiger partial charge in [0.05, 0.1) is 9.93 Å². The number of aryl methyl sites for hydroxylation is 1. The van der Waals surface area contributed by atoms with E-state index >= 15 is 0 Å². The summed E-state index contributed by atoms with van der Waals surface area (Å²) in [4.78, 5) is 14.7. The highest BCUT2D eigenvalue weighted by Crippen LogP contribution is 2.38. The number of nitrogens with zero attached hydrogens (tertiary/aromatic N) is 1. The lowest BCUT2D eigenvalue weighted by atomic mass is 10.0. The smallest absolute Gasteiger partial charge is 0.266 e. The summed E-state index contributed by atoms with van der Waals surface area (Å²) < 4.78 is 12.5. The molecule has 1 saturated heterocycles. The molecule has 1 amide bonds. The molecule has 2 aromatic carbocycles. The van der Waals surface area contributed by atoms with Crippen molar-refractivity contribution >= 4 is 63.5 Å². The van der Waals surface area contributed by atoms with E-state index in [-0.39, 0.29) is 12.5 Å². The first-order valence-electron chi connectivity index (χ1n) is 10.3. The maximum atomic E-state index is 12.6. The first-order chi connectivity index (χ1) is 15.2. The van der Waals surface area contributed by atoms with Crippen molar-refractivity contribution in [1.82, 2.24) is 4.90 Å². The van der Waals surface area contributed by atoms with Crippen LogP contribution in [-0.2, 0) is 4.79 Å². The number of ether oxygens (including phenoxy) is 2. The van der Waals surface area contributed by atoms with Crippen molar-refractivity contribution < 1.29 is 14.3 Å². The normalized spacial score (nSPS) is 15.2. The maximum absolute atomic E-state index is 12.6. The van der Waals surface area contributed by atoms with E-state index in [9.17, 15) is 4.79 Å². The SMILES string of the molecule is CCN1C(=O)/C(=C/c2cc(Cl)cc(Cl)c2OCCOc2cc(C)ccc2C(C)C)SC1=S. The van der Waals surface area contributed by atoms with Crippen LogP contribution in [0.3, 0.4) is 0 Å². The molecule has 0 aliphatic carbocycles. The molecule has 3 rings (SSSR count). The third kappa shape index (κ3) is 5.79. The van der Waals surface area contributed by atoms with Crippen LogP contribution in [0.1, 0.15) is 43.4 Å². The summed E-state index contributed by atoms with van der Waals surface area (Å²) in [6.45, 7) is 9.34. The Morgan fingerprint density at radius 3 is 2.53 bits per heavy atom. The molecule has 0 aromatic heterocycles. The number of benzene rings is 2. The van der Waals surface area contributed by atoms with Crippen LogP contribution < -0.4 is 9.47 Å². The van der Waals surface area contributed by atoms with Crippen LogP contribution in [0.4, 0.5) is 0 Å². The lowest BCUT2D eigenvalue weighted by Crippen LogP contribution is -2.27. The van der Waals surface area contributed by atoms with E-state index in [1.165, 1.54) is 11.8 Å². The van der Waals surface area contributed by atoms with Gasteiger partial charge in [0, 0.05) is 17.1 Å². The van der Waals surface area contributed by atoms with Gasteiger partial charge in [-0.2, -0.15) is 0 Å². The van der Waals surface area contributed by atoms with E-state index in [0.29, 0.717) is 49.7 Å². The zero-order valence-corrected chi connectivity index (χ0v) is 21.6. The lowest BCUT2D eigenvalue weighted by Gasteiger charge is -2.16. The van der Waals surface area contributed by atoms with E-state index in [1.807, 2.05) is 19.9 Å². The topological polar surface area (TPSA) is 38.8 Å². The number of carbonyl (C=O) groups excluding carboxylic acids is 1. The van der Waals surface area contributed by atoms with Crippen LogP contribution >= 0.6 is 47.2 Å². The summed E-state index contributed by atoms with van der Waals surface area (Å²) in [6.07, 6.45) is 1.72. The van der Waals surface area contributed by atoms with Gasteiger partial charge in [0.25, 0.3) is 5.91 Å². The number of rotatable bonds is 8. The highest BCUT2D eigenvalue weighted by molar-refractivity contribution is 8.26. The van der Waals surface area contributed by atoms with Gasteiger partial charge in [-0.25, -0.2) is 0 Å². The van der Waals surface area contributed by atoms with Gasteiger partial charge in [0.15, 0.2) is 0 Å². The summed E-state index contributed by atoms with van der Waals surface area (Å²) in [7, 11) is 0. The molecular formula is C24H25Cl2NO3S2. The van der Waals surface area contributed by atoms with E-state index in [1.54, 1.807) is 23.1 Å². The van der Waals surface area contributed by atoms with E-state index in [0.717, 1.165) is 16.9 Å². The van der Waals surface area contributed by atoms with Crippen molar-refractivity contribution in [2.24, 2.45) is 0 Å². The lowest BCUT2D eigenvalue weighted by molar-refractivity contribution is -0.121. The van der Waals surface area contributed by atoms with E-state index in [4.69, 9.17) is 44.9 Å². The molecule has 0 radical (unpaired) electrons. The van der Waals surface area contributed by atoms with Gasteiger partial charge in [-0.1, -0.05) is 73.2 Å². The molecule has 8 heteroatoms. The van der Waals surface area contributed by atoms with Gasteiger partial charge in [-0.15, -0.1) is 0 Å². The summed E-state index contributed by atoms with van der Waals surface area (Å²) in [5.74, 6) is 1.53. The van der Waals surface area contributed by atoms with Gasteiger partial charge in [0.2, 0.25) is 0 Å². The van der Waals surface area contributed by atoms with Gasteiger partial charge in [-0.05, 0) is 55.2 Å². The Morgan fingerprint density at radius 2 is 1.88 bits per heavy atom. The largest absolute Gasteiger partial charge is 0.490 e. The molecule has 1 fully saturated rings. The third-order valence-electron chi connectivity index (χ3n) is 4.89. The van der Waals surface area contributed by atoms with Crippen molar-refractivity contribution in [2.75, 3.05) is 19.8 Å². The minimum absolute atomic E-state index is 0.131. The van der Waals surface area contributed by atoms with Crippen LogP contribution in [0, 0.1) is 6.92 Å². The van der Waals surface area contributed by atoms with E-state index < -0.39 is 0 Å². The Morgan fingerprint density at radius 1 is 1.16 bits per heavy atom. The van der Waals surface area contributed by atoms with Crippen LogP contribution in [0.25, 0.3) is 6.08 Å². The number of halogens is 2. The van der Waals surface area contributed by atoms with Crippen LogP contribution in [0.2, 0.25) is 10.0 Å². The molecule has 0 saturated carbocycles. The Bertz CT molecular complexity index is 1070. The van der Waals surface area contributed by atoms with Gasteiger partial charge in [0.1, 0.15) is 29.0 Å². The number of likely N-dealkylation sites (N-methyl/N-ethyl adjacent to an activating group) is 1. The van der Waals surface area contributed by atoms with Crippen molar-refractivity contribution in [3.63, 3.8) is 0 Å². The van der Waals surface area contributed by atoms with Crippen molar-refractivity contribution in [2.45, 2.75) is 33.6 Å². The summed E-state index contributed by atoms with van der Waals surface area (Å²) >= 11 is 19.2. The Labute approximate surface area is 208 Å². The highest BCUT2D eigenvalue weighted by Gasteiger charge is 2.31. The molecule has 0 bridgehead atoms. The van der Waals surface area contributed by atoms with E-state index in [2.05, 4.69) is 26.0 Å². The fourth-order valence-corrected chi connectivity index (χ4v) is 5.23. The summed E-state index contributed by atoms with van der Waals surface area (Å²) in [5, 5.41) is 0.824. The van der Waals surface area contributed by atoms with Gasteiger partial charge < -0.3 is 9.47 Å². The average molecular weight is 511 g/mol. The number of hydrogen-bond donors (Lipinski definition) is 0. The maximum Gasteiger partial charge on any atom is 0.266 e. The molecule has 0 atom stereocenters. The second-order valence-corrected chi connectivity index (χ2v) is 10.1. The second-order valence-electron chi connectivity index (χ2n) is 7.62. The number of thioether (sulfide) groups is 1. The quantitative estimate of drug-likeness (QED) is 0.215. The molecule has 2 aromatic rings. The van der Waals surface area contributed by atoms with Crippen molar-refractivity contribution in [3.05, 3.63) is 62.0 Å². The predicted molar refractivity (Wildman–Crippen MR) is 138 cm³/mol. The molecule has 1 aliphatic heterocycles. The molecule has 1 heterocycles. The van der Waals surface area contributed by atoms with Crippen LogP contribution in [0.15, 0.2) is 35.2 Å². The van der Waals surface area contributed by atoms with Gasteiger partial charge >= 0.3 is 0 Å². The fourth-order valence-electron chi connectivity index (χ4n) is 3.29. The number of carbonyl (C=O) groups is 1. The Hall–Kier alpha value is -1.73. The third-order valence-corrected chi connectivity index (χ3v) is 6.77. The molecule has 170 valence electrons. The highest BCUT2D eigenvalue weighted by atomic mass is 35.5. The number of thiocarbonyl (C=S) groups is 1. The minimum atomic E-state index is -0.131. The predicted octanol–water partition coefficient (Wildman–Crippen LogP) is 7.10. The molecule has 32 heavy (non-hydrogen) atoms. The van der Waals surface area contributed by atoms with Crippen molar-refractivity contribution in [3.8, 4) is 11.5 Å². The Balaban J connectivity index is 1.76.